The van der Waals surface area contributed by atoms with Gasteiger partial charge in [0.05, 0.1) is 17.2 Å². The molecular weight excluding hydrogens is 347 g/mol. The summed E-state index contributed by atoms with van der Waals surface area (Å²) in [5.41, 5.74) is 7.36. The molecule has 0 bridgehead atoms. The number of fused-ring (bicyclic) bond motifs is 1. The quantitative estimate of drug-likeness (QED) is 0.867. The molecule has 1 aromatic carbocycles. The molecule has 7 heteroatoms. The van der Waals surface area contributed by atoms with Crippen LogP contribution in [0.5, 0.6) is 0 Å². The molecule has 1 saturated heterocycles. The number of aromatic nitrogens is 1. The van der Waals surface area contributed by atoms with Crippen LogP contribution in [0.3, 0.4) is 0 Å². The first-order valence-electron chi connectivity index (χ1n) is 9.26. The standard InChI is InChI=1S/C20H23FN4O2/c1-12-16-9-13(21)10-17(19(22)26)18(16)20(27)25(12)15-4-7-24(8-5-15)11-14-3-2-6-23-14/h2-3,6,9-10,12,15,23H,4-5,7-8,11H2,1H3,(H2,22,26). The Kier molecular flexibility index (Phi) is 4.47. The Morgan fingerprint density at radius 1 is 1.33 bits per heavy atom. The number of nitrogens with zero attached hydrogens (tertiary/aromatic N) is 2. The SMILES string of the molecule is CC1c2cc(F)cc(C(N)=O)c2C(=O)N1C1CCN(Cc2ccc[nH]2)CC1. The molecule has 4 rings (SSSR count). The minimum Gasteiger partial charge on any atom is -0.366 e. The number of piperidine rings is 1. The van der Waals surface area contributed by atoms with Gasteiger partial charge in [0.2, 0.25) is 5.91 Å². The van der Waals surface area contributed by atoms with Gasteiger partial charge in [-0.05, 0) is 49.6 Å². The highest BCUT2D eigenvalue weighted by molar-refractivity contribution is 6.09. The average Bonchev–Trinajstić information content (AvgIpc) is 3.23. The molecule has 0 saturated carbocycles. The lowest BCUT2D eigenvalue weighted by molar-refractivity contribution is 0.0509. The monoisotopic (exact) mass is 370 g/mol. The number of rotatable bonds is 4. The Bertz CT molecular complexity index is 872. The van der Waals surface area contributed by atoms with E-state index in [1.54, 1.807) is 0 Å². The predicted octanol–water partition coefficient (Wildman–Crippen LogP) is 2.43. The minimum absolute atomic E-state index is 0.0199. The fraction of sp³-hybridized carbons (Fsp3) is 0.400. The normalized spacial score (nSPS) is 20.9. The highest BCUT2D eigenvalue weighted by atomic mass is 19.1. The molecule has 1 aromatic heterocycles. The molecule has 6 nitrogen and oxygen atoms in total. The second kappa shape index (κ2) is 6.81. The van der Waals surface area contributed by atoms with Crippen molar-refractivity contribution >= 4 is 11.8 Å². The van der Waals surface area contributed by atoms with E-state index in [2.05, 4.69) is 16.0 Å². The number of primary amides is 1. The number of benzene rings is 1. The zero-order valence-corrected chi connectivity index (χ0v) is 15.2. The average molecular weight is 370 g/mol. The van der Waals surface area contributed by atoms with Gasteiger partial charge in [0.15, 0.2) is 0 Å². The van der Waals surface area contributed by atoms with E-state index in [-0.39, 0.29) is 29.1 Å². The summed E-state index contributed by atoms with van der Waals surface area (Å²) >= 11 is 0. The molecule has 2 aliphatic rings. The van der Waals surface area contributed by atoms with Crippen molar-refractivity contribution in [2.75, 3.05) is 13.1 Å². The van der Waals surface area contributed by atoms with Gasteiger partial charge < -0.3 is 15.6 Å². The van der Waals surface area contributed by atoms with Crippen molar-refractivity contribution in [3.05, 3.63) is 58.7 Å². The Labute approximate surface area is 157 Å². The van der Waals surface area contributed by atoms with Gasteiger partial charge in [-0.15, -0.1) is 0 Å². The summed E-state index contributed by atoms with van der Waals surface area (Å²) in [4.78, 5) is 32.2. The van der Waals surface area contributed by atoms with Crippen LogP contribution in [0.4, 0.5) is 4.39 Å². The van der Waals surface area contributed by atoms with Crippen LogP contribution in [-0.4, -0.2) is 45.7 Å². The summed E-state index contributed by atoms with van der Waals surface area (Å²) in [6.45, 7) is 4.51. The van der Waals surface area contributed by atoms with Crippen LogP contribution in [0, 0.1) is 5.82 Å². The van der Waals surface area contributed by atoms with E-state index in [4.69, 9.17) is 5.73 Å². The minimum atomic E-state index is -0.770. The van der Waals surface area contributed by atoms with Crippen LogP contribution < -0.4 is 5.73 Å². The van der Waals surface area contributed by atoms with E-state index in [9.17, 15) is 14.0 Å². The van der Waals surface area contributed by atoms with Crippen molar-refractivity contribution < 1.29 is 14.0 Å². The highest BCUT2D eigenvalue weighted by Crippen LogP contribution is 2.39. The van der Waals surface area contributed by atoms with Crippen LogP contribution in [0.25, 0.3) is 0 Å². The van der Waals surface area contributed by atoms with Crippen molar-refractivity contribution in [3.8, 4) is 0 Å². The second-order valence-corrected chi connectivity index (χ2v) is 7.37. The van der Waals surface area contributed by atoms with Crippen molar-refractivity contribution in [1.29, 1.82) is 0 Å². The molecule has 2 aliphatic heterocycles. The van der Waals surface area contributed by atoms with Gasteiger partial charge in [-0.25, -0.2) is 4.39 Å². The van der Waals surface area contributed by atoms with Gasteiger partial charge in [0, 0.05) is 37.6 Å². The maximum absolute atomic E-state index is 13.9. The molecule has 3 N–H and O–H groups in total. The van der Waals surface area contributed by atoms with Crippen LogP contribution in [0.1, 0.15) is 57.8 Å². The topological polar surface area (TPSA) is 82.4 Å². The number of hydrogen-bond donors (Lipinski definition) is 2. The largest absolute Gasteiger partial charge is 0.366 e. The van der Waals surface area contributed by atoms with E-state index in [0.717, 1.165) is 38.5 Å². The maximum atomic E-state index is 13.9. The number of amides is 2. The third kappa shape index (κ3) is 3.12. The molecule has 2 amide bonds. The zero-order chi connectivity index (χ0) is 19.1. The number of halogens is 1. The summed E-state index contributed by atoms with van der Waals surface area (Å²) < 4.78 is 13.9. The molecule has 2 aromatic rings. The summed E-state index contributed by atoms with van der Waals surface area (Å²) in [5.74, 6) is -1.52. The van der Waals surface area contributed by atoms with Crippen LogP contribution in [-0.2, 0) is 6.54 Å². The predicted molar refractivity (Wildman–Crippen MR) is 98.6 cm³/mol. The van der Waals surface area contributed by atoms with Crippen molar-refractivity contribution in [2.24, 2.45) is 5.73 Å². The van der Waals surface area contributed by atoms with Crippen LogP contribution >= 0.6 is 0 Å². The van der Waals surface area contributed by atoms with Crippen LogP contribution in [0.2, 0.25) is 0 Å². The maximum Gasteiger partial charge on any atom is 0.255 e. The summed E-state index contributed by atoms with van der Waals surface area (Å²) in [6.07, 6.45) is 3.61. The highest BCUT2D eigenvalue weighted by Gasteiger charge is 2.41. The van der Waals surface area contributed by atoms with Gasteiger partial charge >= 0.3 is 0 Å². The summed E-state index contributed by atoms with van der Waals surface area (Å²) in [7, 11) is 0. The Morgan fingerprint density at radius 3 is 2.70 bits per heavy atom. The number of nitrogens with one attached hydrogen (secondary N) is 1. The Hall–Kier alpha value is -2.67. The molecule has 0 spiro atoms. The Balaban J connectivity index is 1.51. The molecule has 1 unspecified atom stereocenters. The van der Waals surface area contributed by atoms with E-state index >= 15 is 0 Å². The molecule has 27 heavy (non-hydrogen) atoms. The van der Waals surface area contributed by atoms with Crippen molar-refractivity contribution in [1.82, 2.24) is 14.8 Å². The summed E-state index contributed by atoms with van der Waals surface area (Å²) in [5, 5.41) is 0. The third-order valence-electron chi connectivity index (χ3n) is 5.72. The van der Waals surface area contributed by atoms with Gasteiger partial charge in [-0.1, -0.05) is 0 Å². The number of likely N-dealkylation sites (tertiary alicyclic amines) is 1. The second-order valence-electron chi connectivity index (χ2n) is 7.37. The lowest BCUT2D eigenvalue weighted by atomic mass is 9.99. The van der Waals surface area contributed by atoms with Gasteiger partial charge in [0.25, 0.3) is 5.91 Å². The molecule has 0 aliphatic carbocycles. The third-order valence-corrected chi connectivity index (χ3v) is 5.72. The lowest BCUT2D eigenvalue weighted by Gasteiger charge is -2.38. The smallest absolute Gasteiger partial charge is 0.255 e. The molecule has 1 atom stereocenters. The number of hydrogen-bond acceptors (Lipinski definition) is 3. The first-order valence-corrected chi connectivity index (χ1v) is 9.26. The Morgan fingerprint density at radius 2 is 2.07 bits per heavy atom. The number of carbonyl (C=O) groups is 2. The van der Waals surface area contributed by atoms with Crippen molar-refractivity contribution in [2.45, 2.75) is 38.4 Å². The number of aromatic amines is 1. The summed E-state index contributed by atoms with van der Waals surface area (Å²) in [6, 6.07) is 6.28. The van der Waals surface area contributed by atoms with E-state index in [0.29, 0.717) is 5.56 Å². The number of nitrogens with two attached hydrogens (primary N) is 1. The lowest BCUT2D eigenvalue weighted by Crippen LogP contribution is -2.45. The van der Waals surface area contributed by atoms with Gasteiger partial charge in [-0.3, -0.25) is 14.5 Å². The van der Waals surface area contributed by atoms with E-state index < -0.39 is 11.7 Å². The van der Waals surface area contributed by atoms with Crippen molar-refractivity contribution in [3.63, 3.8) is 0 Å². The molecule has 142 valence electrons. The number of H-pyrrole nitrogens is 1. The van der Waals surface area contributed by atoms with Gasteiger partial charge in [-0.2, -0.15) is 0 Å². The molecule has 3 heterocycles. The first-order chi connectivity index (χ1) is 13.0. The molecule has 0 radical (unpaired) electrons. The van der Waals surface area contributed by atoms with Gasteiger partial charge in [0.1, 0.15) is 5.82 Å². The fourth-order valence-electron chi connectivity index (χ4n) is 4.39. The molecular formula is C20H23FN4O2. The zero-order valence-electron chi connectivity index (χ0n) is 15.2. The first kappa shape index (κ1) is 17.7. The number of carbonyl (C=O) groups excluding carboxylic acids is 2. The molecule has 1 fully saturated rings. The fourth-order valence-corrected chi connectivity index (χ4v) is 4.39. The van der Waals surface area contributed by atoms with E-state index in [1.807, 2.05) is 24.1 Å². The van der Waals surface area contributed by atoms with Crippen LogP contribution in [0.15, 0.2) is 30.5 Å². The van der Waals surface area contributed by atoms with E-state index in [1.165, 1.54) is 11.8 Å².